The summed E-state index contributed by atoms with van der Waals surface area (Å²) in [5.41, 5.74) is 2.06. The molecule has 0 saturated heterocycles. The van der Waals surface area contributed by atoms with E-state index in [4.69, 9.17) is 14.6 Å². The van der Waals surface area contributed by atoms with E-state index in [0.717, 1.165) is 29.0 Å². The molecule has 10 heteroatoms. The average Bonchev–Trinajstić information content (AvgIpc) is 3.12. The maximum absolute atomic E-state index is 11.3. The van der Waals surface area contributed by atoms with Gasteiger partial charge in [0.15, 0.2) is 17.5 Å². The second kappa shape index (κ2) is 9.94. The zero-order valence-electron chi connectivity index (χ0n) is 15.3. The summed E-state index contributed by atoms with van der Waals surface area (Å²) >= 11 is 0. The summed E-state index contributed by atoms with van der Waals surface area (Å²) in [4.78, 5) is 4.31. The molecular formula is C18H23IN4O4S. The molecule has 0 bridgehead atoms. The van der Waals surface area contributed by atoms with Crippen LogP contribution in [-0.4, -0.2) is 34.8 Å². The van der Waals surface area contributed by atoms with E-state index in [-0.39, 0.29) is 35.7 Å². The standard InChI is InChI=1S/C18H22N4O4S.HI/c1-20-18(22-11-14-4-7-16-17(10-14)26-12-25-16)21-9-8-13-2-5-15(6-3-13)27(19,23)24;/h2-7,10H,8-9,11-12H2,1H3,(H2,19,23,24)(H2,20,21,22);1H. The Kier molecular flexibility index (Phi) is 7.89. The van der Waals surface area contributed by atoms with Crippen molar-refractivity contribution in [3.05, 3.63) is 53.6 Å². The number of benzene rings is 2. The number of halogens is 1. The lowest BCUT2D eigenvalue weighted by molar-refractivity contribution is 0.174. The Morgan fingerprint density at radius 1 is 1.07 bits per heavy atom. The normalized spacial score (nSPS) is 13.0. The summed E-state index contributed by atoms with van der Waals surface area (Å²) in [6, 6.07) is 12.3. The maximum atomic E-state index is 11.3. The highest BCUT2D eigenvalue weighted by atomic mass is 127. The first kappa shape index (κ1) is 22.2. The van der Waals surface area contributed by atoms with E-state index < -0.39 is 10.0 Å². The van der Waals surface area contributed by atoms with Crippen molar-refractivity contribution < 1.29 is 17.9 Å². The van der Waals surface area contributed by atoms with Crippen LogP contribution in [0.2, 0.25) is 0 Å². The van der Waals surface area contributed by atoms with Gasteiger partial charge in [0.2, 0.25) is 16.8 Å². The van der Waals surface area contributed by atoms with Crippen LogP contribution in [0.4, 0.5) is 0 Å². The van der Waals surface area contributed by atoms with Gasteiger partial charge in [-0.2, -0.15) is 0 Å². The minimum atomic E-state index is -3.66. The Morgan fingerprint density at radius 2 is 1.75 bits per heavy atom. The van der Waals surface area contributed by atoms with E-state index in [9.17, 15) is 8.42 Å². The number of guanidine groups is 1. The molecule has 8 nitrogen and oxygen atoms in total. The minimum Gasteiger partial charge on any atom is -0.454 e. The first-order valence-corrected chi connectivity index (χ1v) is 9.95. The van der Waals surface area contributed by atoms with E-state index >= 15 is 0 Å². The Bertz CT molecular complexity index is 933. The number of nitrogens with zero attached hydrogens (tertiary/aromatic N) is 1. The monoisotopic (exact) mass is 518 g/mol. The van der Waals surface area contributed by atoms with Gasteiger partial charge in [0, 0.05) is 20.1 Å². The Labute approximate surface area is 181 Å². The third-order valence-electron chi connectivity index (χ3n) is 4.08. The van der Waals surface area contributed by atoms with Crippen LogP contribution in [0, 0.1) is 0 Å². The molecule has 2 aromatic rings. The predicted octanol–water partition coefficient (Wildman–Crippen LogP) is 1.59. The summed E-state index contributed by atoms with van der Waals surface area (Å²) < 4.78 is 33.2. The van der Waals surface area contributed by atoms with Gasteiger partial charge in [-0.25, -0.2) is 13.6 Å². The fourth-order valence-corrected chi connectivity index (χ4v) is 3.14. The van der Waals surface area contributed by atoms with Crippen LogP contribution in [0.25, 0.3) is 0 Å². The molecule has 28 heavy (non-hydrogen) atoms. The van der Waals surface area contributed by atoms with Crippen molar-refractivity contribution in [2.75, 3.05) is 20.4 Å². The topological polar surface area (TPSA) is 115 Å². The van der Waals surface area contributed by atoms with Crippen LogP contribution in [-0.2, 0) is 23.0 Å². The maximum Gasteiger partial charge on any atom is 0.238 e. The fourth-order valence-electron chi connectivity index (χ4n) is 2.63. The number of aliphatic imine (C=N–C) groups is 1. The molecule has 4 N–H and O–H groups in total. The third-order valence-corrected chi connectivity index (χ3v) is 5.01. The summed E-state index contributed by atoms with van der Waals surface area (Å²) in [6.45, 7) is 1.50. The molecule has 1 heterocycles. The van der Waals surface area contributed by atoms with Crippen molar-refractivity contribution in [3.8, 4) is 11.5 Å². The second-order valence-electron chi connectivity index (χ2n) is 5.98. The summed E-state index contributed by atoms with van der Waals surface area (Å²) in [5, 5.41) is 11.6. The van der Waals surface area contributed by atoms with Gasteiger partial charge < -0.3 is 20.1 Å². The van der Waals surface area contributed by atoms with E-state index in [0.29, 0.717) is 19.0 Å². The van der Waals surface area contributed by atoms with Crippen LogP contribution >= 0.6 is 24.0 Å². The number of nitrogens with one attached hydrogen (secondary N) is 2. The molecule has 0 unspecified atom stereocenters. The first-order valence-electron chi connectivity index (χ1n) is 8.40. The number of primary sulfonamides is 1. The second-order valence-corrected chi connectivity index (χ2v) is 7.54. The Morgan fingerprint density at radius 3 is 2.43 bits per heavy atom. The van der Waals surface area contributed by atoms with Crippen molar-refractivity contribution in [3.63, 3.8) is 0 Å². The summed E-state index contributed by atoms with van der Waals surface area (Å²) in [5.74, 6) is 2.18. The molecule has 0 saturated carbocycles. The van der Waals surface area contributed by atoms with Crippen molar-refractivity contribution in [1.29, 1.82) is 0 Å². The van der Waals surface area contributed by atoms with Crippen molar-refractivity contribution >= 4 is 40.0 Å². The third kappa shape index (κ3) is 5.97. The molecular weight excluding hydrogens is 495 g/mol. The molecule has 0 aromatic heterocycles. The molecule has 0 atom stereocenters. The van der Waals surface area contributed by atoms with Gasteiger partial charge >= 0.3 is 0 Å². The van der Waals surface area contributed by atoms with Crippen LogP contribution in [0.3, 0.4) is 0 Å². The largest absolute Gasteiger partial charge is 0.454 e. The van der Waals surface area contributed by atoms with E-state index in [1.54, 1.807) is 19.2 Å². The number of fused-ring (bicyclic) bond motifs is 1. The molecule has 1 aliphatic rings. The highest BCUT2D eigenvalue weighted by Gasteiger charge is 2.13. The lowest BCUT2D eigenvalue weighted by Crippen LogP contribution is -2.37. The molecule has 0 amide bonds. The number of hydrogen-bond acceptors (Lipinski definition) is 5. The van der Waals surface area contributed by atoms with Crippen molar-refractivity contribution in [2.45, 2.75) is 17.9 Å². The predicted molar refractivity (Wildman–Crippen MR) is 118 cm³/mol. The van der Waals surface area contributed by atoms with Crippen molar-refractivity contribution in [2.24, 2.45) is 10.1 Å². The van der Waals surface area contributed by atoms with Gasteiger partial charge in [-0.3, -0.25) is 4.99 Å². The highest BCUT2D eigenvalue weighted by molar-refractivity contribution is 14.0. The van der Waals surface area contributed by atoms with Crippen LogP contribution in [0.15, 0.2) is 52.4 Å². The average molecular weight is 518 g/mol. The van der Waals surface area contributed by atoms with Gasteiger partial charge in [0.1, 0.15) is 0 Å². The molecule has 0 radical (unpaired) electrons. The Balaban J connectivity index is 0.00000280. The van der Waals surface area contributed by atoms with E-state index in [1.165, 1.54) is 12.1 Å². The molecule has 3 rings (SSSR count). The van der Waals surface area contributed by atoms with E-state index in [1.807, 2.05) is 18.2 Å². The van der Waals surface area contributed by atoms with Gasteiger partial charge in [-0.1, -0.05) is 18.2 Å². The van der Waals surface area contributed by atoms with Gasteiger partial charge in [-0.15, -0.1) is 24.0 Å². The first-order chi connectivity index (χ1) is 13.0. The quantitative estimate of drug-likeness (QED) is 0.304. The number of rotatable bonds is 6. The van der Waals surface area contributed by atoms with Crippen LogP contribution in [0.5, 0.6) is 11.5 Å². The molecule has 152 valence electrons. The van der Waals surface area contributed by atoms with Crippen LogP contribution in [0.1, 0.15) is 11.1 Å². The minimum absolute atomic E-state index is 0. The number of sulfonamides is 1. The number of nitrogens with two attached hydrogens (primary N) is 1. The summed E-state index contributed by atoms with van der Waals surface area (Å²) in [7, 11) is -1.95. The molecule has 1 aliphatic heterocycles. The van der Waals surface area contributed by atoms with Crippen LogP contribution < -0.4 is 25.2 Å². The summed E-state index contributed by atoms with van der Waals surface area (Å²) in [6.07, 6.45) is 0.718. The fraction of sp³-hybridized carbons (Fsp3) is 0.278. The lowest BCUT2D eigenvalue weighted by Gasteiger charge is -2.12. The molecule has 2 aromatic carbocycles. The van der Waals surface area contributed by atoms with Gasteiger partial charge in [-0.05, 0) is 41.8 Å². The lowest BCUT2D eigenvalue weighted by atomic mass is 10.1. The van der Waals surface area contributed by atoms with Crippen molar-refractivity contribution in [1.82, 2.24) is 10.6 Å². The molecule has 0 spiro atoms. The highest BCUT2D eigenvalue weighted by Crippen LogP contribution is 2.32. The smallest absolute Gasteiger partial charge is 0.238 e. The van der Waals surface area contributed by atoms with Gasteiger partial charge in [0.05, 0.1) is 4.90 Å². The molecule has 0 fully saturated rings. The number of hydrogen-bond donors (Lipinski definition) is 3. The Hall–Kier alpha value is -2.05. The zero-order chi connectivity index (χ0) is 19.3. The SMILES string of the molecule is CN=C(NCCc1ccc(S(N)(=O)=O)cc1)NCc1ccc2c(c1)OCO2.I. The van der Waals surface area contributed by atoms with E-state index in [2.05, 4.69) is 15.6 Å². The van der Waals surface area contributed by atoms with Gasteiger partial charge in [0.25, 0.3) is 0 Å². The zero-order valence-corrected chi connectivity index (χ0v) is 18.5. The number of ether oxygens (including phenoxy) is 2. The molecule has 0 aliphatic carbocycles.